The summed E-state index contributed by atoms with van der Waals surface area (Å²) in [5.41, 5.74) is 5.05. The summed E-state index contributed by atoms with van der Waals surface area (Å²) in [7, 11) is 0. The Morgan fingerprint density at radius 2 is 2.33 bits per heavy atom. The molecule has 70 valence electrons. The summed E-state index contributed by atoms with van der Waals surface area (Å²) in [6.45, 7) is 4.30. The second kappa shape index (κ2) is 3.41. The quantitative estimate of drug-likeness (QED) is 0.657. The molecule has 0 aromatic rings. The molecule has 1 rings (SSSR count). The van der Waals surface area contributed by atoms with Gasteiger partial charge >= 0.3 is 0 Å². The number of rotatable bonds is 2. The van der Waals surface area contributed by atoms with Gasteiger partial charge in [-0.05, 0) is 20.3 Å². The Balaban J connectivity index is 2.41. The van der Waals surface area contributed by atoms with Crippen LogP contribution in [0.4, 0.5) is 0 Å². The zero-order valence-corrected chi connectivity index (χ0v) is 7.50. The molecule has 0 spiro atoms. The van der Waals surface area contributed by atoms with Crippen molar-refractivity contribution >= 4 is 5.91 Å². The lowest BCUT2D eigenvalue weighted by atomic mass is 10.1. The van der Waals surface area contributed by atoms with Crippen molar-refractivity contribution in [2.24, 2.45) is 5.73 Å². The smallest absolute Gasteiger partial charge is 0.220 e. The van der Waals surface area contributed by atoms with Crippen LogP contribution in [0.25, 0.3) is 0 Å². The minimum absolute atomic E-state index is 0.0775. The van der Waals surface area contributed by atoms with E-state index in [0.29, 0.717) is 6.61 Å². The number of primary amides is 1. The van der Waals surface area contributed by atoms with Gasteiger partial charge in [0.15, 0.2) is 5.79 Å². The molecular weight excluding hydrogens is 158 g/mol. The normalized spacial score (nSPS) is 28.3. The van der Waals surface area contributed by atoms with E-state index in [2.05, 4.69) is 0 Å². The van der Waals surface area contributed by atoms with Crippen LogP contribution in [0.5, 0.6) is 0 Å². The minimum atomic E-state index is -0.571. The number of nitrogens with two attached hydrogens (primary N) is 1. The highest BCUT2D eigenvalue weighted by Gasteiger charge is 2.29. The average Bonchev–Trinajstić information content (AvgIpc) is 1.82. The number of carbonyl (C=O) groups excluding carboxylic acids is 1. The minimum Gasteiger partial charge on any atom is -0.370 e. The van der Waals surface area contributed by atoms with Crippen LogP contribution in [0.2, 0.25) is 0 Å². The first-order chi connectivity index (χ1) is 5.49. The van der Waals surface area contributed by atoms with Gasteiger partial charge in [0, 0.05) is 0 Å². The topological polar surface area (TPSA) is 61.5 Å². The molecule has 1 unspecified atom stereocenters. The molecule has 0 saturated carbocycles. The molecule has 1 aliphatic heterocycles. The molecule has 0 aromatic heterocycles. The molecule has 0 aliphatic carbocycles. The summed E-state index contributed by atoms with van der Waals surface area (Å²) >= 11 is 0. The van der Waals surface area contributed by atoms with Gasteiger partial charge in [-0.2, -0.15) is 0 Å². The van der Waals surface area contributed by atoms with E-state index in [1.54, 1.807) is 0 Å². The Bertz CT molecular complexity index is 179. The third-order valence-electron chi connectivity index (χ3n) is 1.77. The van der Waals surface area contributed by atoms with E-state index in [1.165, 1.54) is 0 Å². The van der Waals surface area contributed by atoms with E-state index in [1.807, 2.05) is 13.8 Å². The molecule has 4 nitrogen and oxygen atoms in total. The van der Waals surface area contributed by atoms with Crippen LogP contribution in [0.1, 0.15) is 26.7 Å². The molecule has 0 aromatic carbocycles. The first kappa shape index (κ1) is 9.48. The molecule has 1 saturated heterocycles. The van der Waals surface area contributed by atoms with Crippen LogP contribution >= 0.6 is 0 Å². The number of carbonyl (C=O) groups is 1. The van der Waals surface area contributed by atoms with Crippen LogP contribution in [0.15, 0.2) is 0 Å². The summed E-state index contributed by atoms with van der Waals surface area (Å²) in [4.78, 5) is 10.6. The van der Waals surface area contributed by atoms with Crippen molar-refractivity contribution in [3.05, 3.63) is 0 Å². The molecule has 1 heterocycles. The molecule has 1 amide bonds. The van der Waals surface area contributed by atoms with E-state index in [-0.39, 0.29) is 18.4 Å². The van der Waals surface area contributed by atoms with Crippen LogP contribution in [-0.2, 0) is 14.3 Å². The molecular formula is C8H15NO3. The number of hydrogen-bond acceptors (Lipinski definition) is 3. The lowest BCUT2D eigenvalue weighted by molar-refractivity contribution is -0.272. The fraction of sp³-hybridized carbons (Fsp3) is 0.875. The zero-order chi connectivity index (χ0) is 9.19. The first-order valence-electron chi connectivity index (χ1n) is 4.10. The van der Waals surface area contributed by atoms with Gasteiger partial charge in [-0.15, -0.1) is 0 Å². The maximum absolute atomic E-state index is 10.6. The molecule has 4 heteroatoms. The van der Waals surface area contributed by atoms with Crippen molar-refractivity contribution < 1.29 is 14.3 Å². The Labute approximate surface area is 72.0 Å². The maximum atomic E-state index is 10.6. The van der Waals surface area contributed by atoms with Crippen molar-refractivity contribution in [1.29, 1.82) is 0 Å². The van der Waals surface area contributed by atoms with Gasteiger partial charge < -0.3 is 15.2 Å². The summed E-state index contributed by atoms with van der Waals surface area (Å²) in [6, 6.07) is 0. The summed E-state index contributed by atoms with van der Waals surface area (Å²) in [5, 5.41) is 0. The Morgan fingerprint density at radius 1 is 1.67 bits per heavy atom. The second-order valence-corrected chi connectivity index (χ2v) is 3.45. The van der Waals surface area contributed by atoms with Crippen molar-refractivity contribution in [2.45, 2.75) is 38.6 Å². The molecule has 12 heavy (non-hydrogen) atoms. The summed E-state index contributed by atoms with van der Waals surface area (Å²) in [6.07, 6.45) is 0.949. The van der Waals surface area contributed by atoms with Gasteiger partial charge in [-0.1, -0.05) is 0 Å². The SMILES string of the molecule is CC1(C)OCCC(CC(N)=O)O1. The molecule has 0 bridgehead atoms. The Hall–Kier alpha value is -0.610. The van der Waals surface area contributed by atoms with Gasteiger partial charge in [0.25, 0.3) is 0 Å². The van der Waals surface area contributed by atoms with E-state index in [0.717, 1.165) is 6.42 Å². The molecule has 0 radical (unpaired) electrons. The van der Waals surface area contributed by atoms with E-state index >= 15 is 0 Å². The van der Waals surface area contributed by atoms with Crippen molar-refractivity contribution in [3.63, 3.8) is 0 Å². The molecule has 1 aliphatic rings. The summed E-state index contributed by atoms with van der Waals surface area (Å²) in [5.74, 6) is -0.893. The monoisotopic (exact) mass is 173 g/mol. The largest absolute Gasteiger partial charge is 0.370 e. The van der Waals surface area contributed by atoms with Crippen LogP contribution in [-0.4, -0.2) is 24.4 Å². The Kier molecular flexibility index (Phi) is 2.69. The van der Waals surface area contributed by atoms with Crippen molar-refractivity contribution in [1.82, 2.24) is 0 Å². The fourth-order valence-corrected chi connectivity index (χ4v) is 1.30. The predicted octanol–water partition coefficient (Wildman–Crippen LogP) is 0.403. The maximum Gasteiger partial charge on any atom is 0.220 e. The molecule has 2 N–H and O–H groups in total. The van der Waals surface area contributed by atoms with Gasteiger partial charge in [-0.25, -0.2) is 0 Å². The van der Waals surface area contributed by atoms with Gasteiger partial charge in [0.05, 0.1) is 19.1 Å². The summed E-state index contributed by atoms with van der Waals surface area (Å²) < 4.78 is 10.8. The third kappa shape index (κ3) is 2.79. The zero-order valence-electron chi connectivity index (χ0n) is 7.50. The number of hydrogen-bond donors (Lipinski definition) is 1. The van der Waals surface area contributed by atoms with Crippen LogP contribution in [0.3, 0.4) is 0 Å². The van der Waals surface area contributed by atoms with Gasteiger partial charge in [-0.3, -0.25) is 4.79 Å². The first-order valence-corrected chi connectivity index (χ1v) is 4.10. The number of ether oxygens (including phenoxy) is 2. The van der Waals surface area contributed by atoms with Crippen LogP contribution in [0, 0.1) is 0 Å². The fourth-order valence-electron chi connectivity index (χ4n) is 1.30. The average molecular weight is 173 g/mol. The van der Waals surface area contributed by atoms with Gasteiger partial charge in [0.1, 0.15) is 0 Å². The predicted molar refractivity (Wildman–Crippen MR) is 43.3 cm³/mol. The van der Waals surface area contributed by atoms with E-state index < -0.39 is 5.79 Å². The molecule has 1 atom stereocenters. The highest BCUT2D eigenvalue weighted by molar-refractivity contribution is 5.74. The highest BCUT2D eigenvalue weighted by Crippen LogP contribution is 2.23. The Morgan fingerprint density at radius 3 is 2.83 bits per heavy atom. The third-order valence-corrected chi connectivity index (χ3v) is 1.77. The van der Waals surface area contributed by atoms with E-state index in [4.69, 9.17) is 15.2 Å². The second-order valence-electron chi connectivity index (χ2n) is 3.45. The number of amides is 1. The van der Waals surface area contributed by atoms with Crippen molar-refractivity contribution in [2.75, 3.05) is 6.61 Å². The van der Waals surface area contributed by atoms with E-state index in [9.17, 15) is 4.79 Å². The molecule has 1 fully saturated rings. The van der Waals surface area contributed by atoms with Crippen LogP contribution < -0.4 is 5.73 Å². The van der Waals surface area contributed by atoms with Gasteiger partial charge in [0.2, 0.25) is 5.91 Å². The lowest BCUT2D eigenvalue weighted by Gasteiger charge is -2.35. The lowest BCUT2D eigenvalue weighted by Crippen LogP contribution is -2.41. The standard InChI is InChI=1S/C8H15NO3/c1-8(2)11-4-3-6(12-8)5-7(9)10/h6H,3-5H2,1-2H3,(H2,9,10). The highest BCUT2D eigenvalue weighted by atomic mass is 16.7. The van der Waals surface area contributed by atoms with Crippen molar-refractivity contribution in [3.8, 4) is 0 Å².